The summed E-state index contributed by atoms with van der Waals surface area (Å²) in [5.41, 5.74) is 0.899. The van der Waals surface area contributed by atoms with E-state index in [2.05, 4.69) is 15.6 Å². The molecule has 26 heavy (non-hydrogen) atoms. The first-order chi connectivity index (χ1) is 11.9. The lowest BCUT2D eigenvalue weighted by atomic mass is 10.1. The van der Waals surface area contributed by atoms with Crippen LogP contribution in [0.2, 0.25) is 10.0 Å². The lowest BCUT2D eigenvalue weighted by Crippen LogP contribution is -2.46. The van der Waals surface area contributed by atoms with Crippen molar-refractivity contribution in [3.63, 3.8) is 0 Å². The van der Waals surface area contributed by atoms with Gasteiger partial charge in [0.2, 0.25) is 11.8 Å². The van der Waals surface area contributed by atoms with Crippen molar-refractivity contribution in [2.45, 2.75) is 32.2 Å². The van der Waals surface area contributed by atoms with Crippen LogP contribution in [-0.4, -0.2) is 42.8 Å². The van der Waals surface area contributed by atoms with E-state index in [1.54, 1.807) is 19.2 Å². The van der Waals surface area contributed by atoms with Crippen LogP contribution < -0.4 is 10.6 Å². The van der Waals surface area contributed by atoms with Crippen LogP contribution in [0.5, 0.6) is 0 Å². The van der Waals surface area contributed by atoms with Crippen LogP contribution in [0, 0.1) is 0 Å². The molecule has 1 saturated heterocycles. The number of halogens is 3. The summed E-state index contributed by atoms with van der Waals surface area (Å²) in [7, 11) is 1.66. The van der Waals surface area contributed by atoms with Gasteiger partial charge in [0.1, 0.15) is 0 Å². The third-order valence-corrected chi connectivity index (χ3v) is 4.58. The Kier molecular flexibility index (Phi) is 9.67. The van der Waals surface area contributed by atoms with Gasteiger partial charge in [0.15, 0.2) is 5.96 Å². The number of hydrogen-bond donors (Lipinski definition) is 2. The molecule has 0 saturated carbocycles. The Bertz CT molecular complexity index is 669. The molecule has 1 fully saturated rings. The molecule has 0 bridgehead atoms. The van der Waals surface area contributed by atoms with E-state index in [1.807, 2.05) is 13.0 Å². The highest BCUT2D eigenvalue weighted by molar-refractivity contribution is 14.0. The minimum Gasteiger partial charge on any atom is -0.355 e. The summed E-state index contributed by atoms with van der Waals surface area (Å²) in [6.07, 6.45) is 1.51. The van der Waals surface area contributed by atoms with Gasteiger partial charge in [0, 0.05) is 43.0 Å². The maximum atomic E-state index is 11.8. The molecular weight excluding hydrogens is 490 g/mol. The molecule has 1 aliphatic heterocycles. The molecule has 2 N–H and O–H groups in total. The Labute approximate surface area is 180 Å². The Morgan fingerprint density at radius 3 is 2.50 bits per heavy atom. The molecule has 0 aliphatic carbocycles. The molecule has 1 aliphatic rings. The number of amides is 2. The number of benzene rings is 1. The molecule has 0 spiro atoms. The summed E-state index contributed by atoms with van der Waals surface area (Å²) in [5, 5.41) is 7.50. The number of carbonyl (C=O) groups excluding carboxylic acids is 2. The normalized spacial score (nSPS) is 16.2. The second-order valence-electron chi connectivity index (χ2n) is 5.82. The number of guanidine groups is 1. The largest absolute Gasteiger partial charge is 0.355 e. The van der Waals surface area contributed by atoms with Gasteiger partial charge in [0.05, 0.1) is 6.04 Å². The van der Waals surface area contributed by atoms with Gasteiger partial charge in [-0.05, 0) is 31.0 Å². The van der Waals surface area contributed by atoms with Gasteiger partial charge in [-0.15, -0.1) is 24.0 Å². The number of nitrogens with one attached hydrogen (secondary N) is 2. The highest BCUT2D eigenvalue weighted by Crippen LogP contribution is 2.25. The predicted molar refractivity (Wildman–Crippen MR) is 115 cm³/mol. The molecule has 2 rings (SSSR count). The fourth-order valence-corrected chi connectivity index (χ4v) is 3.24. The second-order valence-corrected chi connectivity index (χ2v) is 6.67. The maximum Gasteiger partial charge on any atom is 0.229 e. The van der Waals surface area contributed by atoms with Gasteiger partial charge >= 0.3 is 0 Å². The number of likely N-dealkylation sites (tertiary alicyclic amines) is 1. The van der Waals surface area contributed by atoms with Crippen LogP contribution >= 0.6 is 47.2 Å². The lowest BCUT2D eigenvalue weighted by Gasteiger charge is -2.25. The number of carbonyl (C=O) groups is 2. The molecule has 1 unspecified atom stereocenters. The third kappa shape index (κ3) is 6.28. The number of hydrogen-bond acceptors (Lipinski definition) is 3. The first-order valence-corrected chi connectivity index (χ1v) is 8.93. The van der Waals surface area contributed by atoms with E-state index in [-0.39, 0.29) is 41.8 Å². The van der Waals surface area contributed by atoms with Crippen LogP contribution in [0.15, 0.2) is 23.2 Å². The summed E-state index contributed by atoms with van der Waals surface area (Å²) in [5.74, 6) is 0.347. The Morgan fingerprint density at radius 2 is 1.92 bits per heavy atom. The van der Waals surface area contributed by atoms with Crippen LogP contribution in [-0.2, 0) is 9.59 Å². The van der Waals surface area contributed by atoms with Gasteiger partial charge in [-0.25, -0.2) is 0 Å². The summed E-state index contributed by atoms with van der Waals surface area (Å²) in [4.78, 5) is 29.0. The Hall–Kier alpha value is -1.06. The Morgan fingerprint density at radius 1 is 1.27 bits per heavy atom. The number of piperidine rings is 1. The highest BCUT2D eigenvalue weighted by atomic mass is 127. The fraction of sp³-hybridized carbons (Fsp3) is 0.471. The zero-order valence-corrected chi connectivity index (χ0v) is 18.6. The third-order valence-electron chi connectivity index (χ3n) is 4.02. The van der Waals surface area contributed by atoms with Crippen molar-refractivity contribution in [1.82, 2.24) is 15.5 Å². The molecule has 1 aromatic rings. The van der Waals surface area contributed by atoms with Crippen LogP contribution in [0.4, 0.5) is 0 Å². The molecule has 9 heteroatoms. The van der Waals surface area contributed by atoms with Gasteiger partial charge in [-0.1, -0.05) is 29.3 Å². The molecule has 144 valence electrons. The zero-order valence-electron chi connectivity index (χ0n) is 14.7. The summed E-state index contributed by atoms with van der Waals surface area (Å²) < 4.78 is 0. The first-order valence-electron chi connectivity index (χ1n) is 8.17. The van der Waals surface area contributed by atoms with E-state index in [1.165, 1.54) is 4.90 Å². The van der Waals surface area contributed by atoms with E-state index < -0.39 is 0 Å². The number of imide groups is 1. The number of nitrogens with zero attached hydrogens (tertiary/aromatic N) is 2. The van der Waals surface area contributed by atoms with Gasteiger partial charge < -0.3 is 10.6 Å². The van der Waals surface area contributed by atoms with E-state index in [0.29, 0.717) is 48.4 Å². The summed E-state index contributed by atoms with van der Waals surface area (Å²) in [6.45, 7) is 2.71. The van der Waals surface area contributed by atoms with Crippen molar-refractivity contribution < 1.29 is 9.59 Å². The van der Waals surface area contributed by atoms with Crippen LogP contribution in [0.3, 0.4) is 0 Å². The lowest BCUT2D eigenvalue weighted by molar-refractivity contribution is -0.147. The maximum absolute atomic E-state index is 11.8. The highest BCUT2D eigenvalue weighted by Gasteiger charge is 2.25. The average Bonchev–Trinajstić information content (AvgIpc) is 2.56. The molecule has 0 aromatic heterocycles. The SMILES string of the molecule is CN=C(NCCN1C(=O)CCCC1=O)NC(C)c1ccc(Cl)cc1Cl.I. The molecule has 0 radical (unpaired) electrons. The van der Waals surface area contributed by atoms with E-state index in [4.69, 9.17) is 23.2 Å². The fourth-order valence-electron chi connectivity index (χ4n) is 2.67. The Balaban J connectivity index is 0.00000338. The first kappa shape index (κ1) is 23.0. The number of rotatable bonds is 5. The van der Waals surface area contributed by atoms with Crippen molar-refractivity contribution in [2.24, 2.45) is 4.99 Å². The summed E-state index contributed by atoms with van der Waals surface area (Å²) in [6, 6.07) is 5.25. The molecule has 1 aromatic carbocycles. The van der Waals surface area contributed by atoms with Crippen molar-refractivity contribution in [3.05, 3.63) is 33.8 Å². The quantitative estimate of drug-likeness (QED) is 0.274. The molecule has 6 nitrogen and oxygen atoms in total. The van der Waals surface area contributed by atoms with Gasteiger partial charge in [0.25, 0.3) is 0 Å². The van der Waals surface area contributed by atoms with Crippen molar-refractivity contribution in [1.29, 1.82) is 0 Å². The van der Waals surface area contributed by atoms with Crippen molar-refractivity contribution in [3.8, 4) is 0 Å². The minimum absolute atomic E-state index is 0. The molecule has 1 atom stereocenters. The zero-order chi connectivity index (χ0) is 18.4. The smallest absolute Gasteiger partial charge is 0.229 e. The van der Waals surface area contributed by atoms with Gasteiger partial charge in [-0.3, -0.25) is 19.5 Å². The topological polar surface area (TPSA) is 73.8 Å². The van der Waals surface area contributed by atoms with Crippen molar-refractivity contribution >= 4 is 65.0 Å². The van der Waals surface area contributed by atoms with E-state index in [0.717, 1.165) is 5.56 Å². The van der Waals surface area contributed by atoms with Crippen LogP contribution in [0.1, 0.15) is 37.8 Å². The second kappa shape index (κ2) is 10.9. The standard InChI is InChI=1S/C17H22Cl2N4O2.HI/c1-11(13-7-6-12(18)10-14(13)19)22-17(20-2)21-8-9-23-15(24)4-3-5-16(23)25;/h6-7,10-11H,3-5,8-9H2,1-2H3,(H2,20,21,22);1H. The molecular formula is C17H23Cl2IN4O2. The summed E-state index contributed by atoms with van der Waals surface area (Å²) >= 11 is 12.1. The predicted octanol–water partition coefficient (Wildman–Crippen LogP) is 3.38. The van der Waals surface area contributed by atoms with E-state index >= 15 is 0 Å². The minimum atomic E-state index is -0.109. The molecule has 1 heterocycles. The number of aliphatic imine (C=N–C) groups is 1. The van der Waals surface area contributed by atoms with Crippen LogP contribution in [0.25, 0.3) is 0 Å². The van der Waals surface area contributed by atoms with Gasteiger partial charge in [-0.2, -0.15) is 0 Å². The monoisotopic (exact) mass is 512 g/mol. The van der Waals surface area contributed by atoms with Crippen molar-refractivity contribution in [2.75, 3.05) is 20.1 Å². The molecule has 2 amide bonds. The average molecular weight is 513 g/mol. The van der Waals surface area contributed by atoms with E-state index in [9.17, 15) is 9.59 Å².